The van der Waals surface area contributed by atoms with Gasteiger partial charge in [0.15, 0.2) is 0 Å². The van der Waals surface area contributed by atoms with Crippen LogP contribution in [0.1, 0.15) is 49.8 Å². The second-order valence-electron chi connectivity index (χ2n) is 7.63. The zero-order valence-corrected chi connectivity index (χ0v) is 17.7. The number of aromatic nitrogens is 4. The summed E-state index contributed by atoms with van der Waals surface area (Å²) in [7, 11) is 0. The van der Waals surface area contributed by atoms with E-state index in [9.17, 15) is 4.79 Å². The van der Waals surface area contributed by atoms with Crippen LogP contribution in [0.2, 0.25) is 0 Å². The lowest BCUT2D eigenvalue weighted by molar-refractivity contribution is -0.121. The summed E-state index contributed by atoms with van der Waals surface area (Å²) in [6.45, 7) is 7.83. The van der Waals surface area contributed by atoms with Gasteiger partial charge in [-0.25, -0.2) is 9.97 Å². The van der Waals surface area contributed by atoms with Crippen LogP contribution in [0.4, 0.5) is 5.69 Å². The zero-order chi connectivity index (χ0) is 20.6. The summed E-state index contributed by atoms with van der Waals surface area (Å²) in [6, 6.07) is 5.93. The number of carbonyl (C=O) groups excluding carboxylic acids is 1. The molecule has 0 spiro atoms. The van der Waals surface area contributed by atoms with Crippen LogP contribution in [0, 0.1) is 13.8 Å². The number of hydrogen-bond acceptors (Lipinski definition) is 3. The van der Waals surface area contributed by atoms with Gasteiger partial charge in [-0.2, -0.15) is 0 Å². The lowest BCUT2D eigenvalue weighted by Gasteiger charge is -2.29. The summed E-state index contributed by atoms with van der Waals surface area (Å²) in [6.07, 6.45) is 15.3. The lowest BCUT2D eigenvalue weighted by atomic mass is 10.1. The molecule has 1 aromatic carbocycles. The number of nitrogens with zero attached hydrogens (tertiary/aromatic N) is 5. The first kappa shape index (κ1) is 20.8. The molecule has 3 rings (SSSR count). The van der Waals surface area contributed by atoms with Crippen molar-refractivity contribution in [3.8, 4) is 0 Å². The molecule has 6 nitrogen and oxygen atoms in total. The van der Waals surface area contributed by atoms with E-state index in [1.165, 1.54) is 0 Å². The molecule has 0 aliphatic carbocycles. The van der Waals surface area contributed by atoms with Crippen LogP contribution in [-0.4, -0.2) is 31.6 Å². The van der Waals surface area contributed by atoms with Crippen molar-refractivity contribution in [2.75, 3.05) is 11.4 Å². The molecule has 2 heterocycles. The van der Waals surface area contributed by atoms with Gasteiger partial charge in [-0.1, -0.05) is 31.0 Å². The van der Waals surface area contributed by atoms with Crippen molar-refractivity contribution >= 4 is 11.6 Å². The summed E-state index contributed by atoms with van der Waals surface area (Å²) in [5.74, 6) is 0.110. The fourth-order valence-corrected chi connectivity index (χ4v) is 3.75. The highest BCUT2D eigenvalue weighted by molar-refractivity contribution is 5.97. The highest BCUT2D eigenvalue weighted by Gasteiger charge is 2.24. The molecule has 1 atom stereocenters. The van der Waals surface area contributed by atoms with E-state index in [1.54, 1.807) is 12.5 Å². The molecule has 154 valence electrons. The molecule has 0 fully saturated rings. The number of hydrogen-bond donors (Lipinski definition) is 0. The highest BCUT2D eigenvalue weighted by Crippen LogP contribution is 2.27. The third kappa shape index (κ3) is 5.34. The first-order valence-electron chi connectivity index (χ1n) is 10.4. The highest BCUT2D eigenvalue weighted by atomic mass is 16.2. The number of para-hydroxylation sites is 1. The maximum Gasteiger partial charge on any atom is 0.249 e. The van der Waals surface area contributed by atoms with Gasteiger partial charge < -0.3 is 14.0 Å². The predicted octanol–water partition coefficient (Wildman–Crippen LogP) is 4.55. The average molecular weight is 394 g/mol. The van der Waals surface area contributed by atoms with Crippen molar-refractivity contribution in [1.82, 2.24) is 19.1 Å². The van der Waals surface area contributed by atoms with Gasteiger partial charge in [-0.3, -0.25) is 4.79 Å². The lowest BCUT2D eigenvalue weighted by Crippen LogP contribution is -2.37. The Morgan fingerprint density at radius 3 is 2.34 bits per heavy atom. The molecule has 0 aliphatic rings. The minimum absolute atomic E-state index is 0.110. The van der Waals surface area contributed by atoms with Crippen LogP contribution in [0.5, 0.6) is 0 Å². The molecule has 1 unspecified atom stereocenters. The number of imidazole rings is 2. The molecule has 29 heavy (non-hydrogen) atoms. The molecule has 0 aliphatic heterocycles. The van der Waals surface area contributed by atoms with Crippen LogP contribution < -0.4 is 4.90 Å². The largest absolute Gasteiger partial charge is 0.337 e. The fraction of sp³-hybridized carbons (Fsp3) is 0.435. The van der Waals surface area contributed by atoms with E-state index in [2.05, 4.69) is 40.5 Å². The topological polar surface area (TPSA) is 56.0 Å². The third-order valence-corrected chi connectivity index (χ3v) is 5.41. The van der Waals surface area contributed by atoms with E-state index in [-0.39, 0.29) is 11.9 Å². The van der Waals surface area contributed by atoms with E-state index >= 15 is 0 Å². The third-order valence-electron chi connectivity index (χ3n) is 5.41. The Hall–Kier alpha value is -2.89. The predicted molar refractivity (Wildman–Crippen MR) is 116 cm³/mol. The quantitative estimate of drug-likeness (QED) is 0.475. The number of unbranched alkanes of at least 4 members (excludes halogenated alkanes) is 3. The molecule has 0 saturated carbocycles. The average Bonchev–Trinajstić information content (AvgIpc) is 3.42. The molecule has 6 heteroatoms. The van der Waals surface area contributed by atoms with Gasteiger partial charge in [0.1, 0.15) is 6.04 Å². The Morgan fingerprint density at radius 2 is 1.69 bits per heavy atom. The summed E-state index contributed by atoms with van der Waals surface area (Å²) in [4.78, 5) is 23.5. The Labute approximate surface area is 173 Å². The van der Waals surface area contributed by atoms with Crippen LogP contribution >= 0.6 is 0 Å². The van der Waals surface area contributed by atoms with Crippen molar-refractivity contribution in [3.63, 3.8) is 0 Å². The second kappa shape index (κ2) is 10.0. The first-order chi connectivity index (χ1) is 14.1. The Kier molecular flexibility index (Phi) is 7.22. The van der Waals surface area contributed by atoms with Gasteiger partial charge in [-0.05, 0) is 44.7 Å². The standard InChI is InChI=1S/C23H31N5O/c1-19-9-8-10-20(2)22(19)28(23(29)21(3)27-16-12-25-18-27)14-7-5-4-6-13-26-15-11-24-17-26/h8-12,15-18,21H,4-7,13-14H2,1-3H3. The maximum atomic E-state index is 13.4. The molecule has 0 bridgehead atoms. The number of aryl methyl sites for hydroxylation is 3. The number of benzene rings is 1. The number of anilines is 1. The molecule has 3 aromatic rings. The normalized spacial score (nSPS) is 12.1. The summed E-state index contributed by atoms with van der Waals surface area (Å²) < 4.78 is 3.98. The van der Waals surface area contributed by atoms with Gasteiger partial charge in [-0.15, -0.1) is 0 Å². The first-order valence-corrected chi connectivity index (χ1v) is 10.4. The number of rotatable bonds is 10. The minimum atomic E-state index is -0.280. The van der Waals surface area contributed by atoms with E-state index in [4.69, 9.17) is 0 Å². The van der Waals surface area contributed by atoms with Gasteiger partial charge in [0.25, 0.3) is 0 Å². The Morgan fingerprint density at radius 1 is 1.00 bits per heavy atom. The van der Waals surface area contributed by atoms with E-state index < -0.39 is 0 Å². The van der Waals surface area contributed by atoms with Gasteiger partial charge >= 0.3 is 0 Å². The van der Waals surface area contributed by atoms with Crippen LogP contribution in [0.25, 0.3) is 0 Å². The van der Waals surface area contributed by atoms with Gasteiger partial charge in [0.05, 0.1) is 12.7 Å². The molecule has 1 amide bonds. The smallest absolute Gasteiger partial charge is 0.249 e. The van der Waals surface area contributed by atoms with Crippen LogP contribution in [0.15, 0.2) is 55.6 Å². The van der Waals surface area contributed by atoms with Crippen LogP contribution in [0.3, 0.4) is 0 Å². The summed E-state index contributed by atoms with van der Waals surface area (Å²) >= 11 is 0. The van der Waals surface area contributed by atoms with Crippen molar-refractivity contribution < 1.29 is 4.79 Å². The summed E-state index contributed by atoms with van der Waals surface area (Å²) in [5, 5.41) is 0. The number of carbonyl (C=O) groups is 1. The molecular formula is C23H31N5O. The van der Waals surface area contributed by atoms with Crippen molar-refractivity contribution in [1.29, 1.82) is 0 Å². The van der Waals surface area contributed by atoms with E-state index in [0.29, 0.717) is 0 Å². The Bertz CT molecular complexity index is 866. The van der Waals surface area contributed by atoms with Crippen molar-refractivity contribution in [3.05, 3.63) is 66.8 Å². The SMILES string of the molecule is Cc1cccc(C)c1N(CCCCCCn1ccnc1)C(=O)C(C)n1ccnc1. The van der Waals surface area contributed by atoms with Crippen molar-refractivity contribution in [2.24, 2.45) is 0 Å². The van der Waals surface area contributed by atoms with E-state index in [0.717, 1.165) is 55.6 Å². The molecule has 0 N–H and O–H groups in total. The zero-order valence-electron chi connectivity index (χ0n) is 17.7. The maximum absolute atomic E-state index is 13.4. The minimum Gasteiger partial charge on any atom is -0.337 e. The van der Waals surface area contributed by atoms with Gasteiger partial charge in [0, 0.05) is 43.6 Å². The second-order valence-corrected chi connectivity index (χ2v) is 7.63. The fourth-order valence-electron chi connectivity index (χ4n) is 3.75. The van der Waals surface area contributed by atoms with E-state index in [1.807, 2.05) is 47.4 Å². The van der Waals surface area contributed by atoms with Gasteiger partial charge in [0.2, 0.25) is 5.91 Å². The summed E-state index contributed by atoms with van der Waals surface area (Å²) in [5.41, 5.74) is 3.32. The van der Waals surface area contributed by atoms with Crippen LogP contribution in [-0.2, 0) is 11.3 Å². The number of amides is 1. The molecular weight excluding hydrogens is 362 g/mol. The Balaban J connectivity index is 1.64. The molecule has 0 radical (unpaired) electrons. The van der Waals surface area contributed by atoms with Crippen molar-refractivity contribution in [2.45, 2.75) is 59.0 Å². The monoisotopic (exact) mass is 393 g/mol. The molecule has 0 saturated heterocycles. The molecule has 2 aromatic heterocycles.